The third-order valence-corrected chi connectivity index (χ3v) is 4.26. The van der Waals surface area contributed by atoms with Crippen molar-refractivity contribution in [2.75, 3.05) is 13.1 Å². The summed E-state index contributed by atoms with van der Waals surface area (Å²) < 4.78 is 5.78. The van der Waals surface area contributed by atoms with Crippen LogP contribution in [0.5, 0.6) is 5.75 Å². The summed E-state index contributed by atoms with van der Waals surface area (Å²) in [7, 11) is 0. The Balaban J connectivity index is 1.59. The van der Waals surface area contributed by atoms with E-state index >= 15 is 0 Å². The normalized spacial score (nSPS) is 17.3. The van der Waals surface area contributed by atoms with Crippen molar-refractivity contribution < 1.29 is 9.53 Å². The third-order valence-electron chi connectivity index (χ3n) is 4.02. The second-order valence-electron chi connectivity index (χ2n) is 5.96. The van der Waals surface area contributed by atoms with E-state index in [4.69, 9.17) is 16.3 Å². The summed E-state index contributed by atoms with van der Waals surface area (Å²) in [5, 5.41) is 7.05. The van der Waals surface area contributed by atoms with Gasteiger partial charge in [0.1, 0.15) is 12.4 Å². The predicted molar refractivity (Wildman–Crippen MR) is 95.6 cm³/mol. The van der Waals surface area contributed by atoms with Gasteiger partial charge >= 0.3 is 0 Å². The van der Waals surface area contributed by atoms with Gasteiger partial charge in [-0.2, -0.15) is 0 Å². The van der Waals surface area contributed by atoms with Crippen LogP contribution in [0.1, 0.15) is 28.8 Å². The van der Waals surface area contributed by atoms with E-state index in [9.17, 15) is 4.79 Å². The number of nitrogens with one attached hydrogen (secondary N) is 2. The van der Waals surface area contributed by atoms with Gasteiger partial charge in [0.25, 0.3) is 5.91 Å². The summed E-state index contributed by atoms with van der Waals surface area (Å²) in [6, 6.07) is 15.0. The number of carbonyl (C=O) groups is 1. The van der Waals surface area contributed by atoms with Crippen molar-refractivity contribution in [2.24, 2.45) is 0 Å². The highest BCUT2D eigenvalue weighted by atomic mass is 35.5. The Bertz CT molecular complexity index is 699. The molecule has 0 bridgehead atoms. The van der Waals surface area contributed by atoms with E-state index in [2.05, 4.69) is 10.6 Å². The first-order chi connectivity index (χ1) is 11.7. The van der Waals surface area contributed by atoms with Crippen molar-refractivity contribution in [3.8, 4) is 5.75 Å². The fraction of sp³-hybridized carbons (Fsp3) is 0.316. The number of rotatable bonds is 5. The van der Waals surface area contributed by atoms with Gasteiger partial charge in [-0.25, -0.2) is 0 Å². The molecule has 1 fully saturated rings. The van der Waals surface area contributed by atoms with Gasteiger partial charge in [-0.05, 0) is 55.3 Å². The van der Waals surface area contributed by atoms with Crippen molar-refractivity contribution in [1.82, 2.24) is 10.6 Å². The molecule has 5 heteroatoms. The van der Waals surface area contributed by atoms with Crippen LogP contribution in [0.2, 0.25) is 5.02 Å². The van der Waals surface area contributed by atoms with Crippen molar-refractivity contribution in [1.29, 1.82) is 0 Å². The van der Waals surface area contributed by atoms with Gasteiger partial charge in [-0.3, -0.25) is 4.79 Å². The molecule has 1 heterocycles. The first kappa shape index (κ1) is 16.8. The number of carbonyl (C=O) groups excluding carboxylic acids is 1. The van der Waals surface area contributed by atoms with Crippen molar-refractivity contribution in [3.05, 3.63) is 64.7 Å². The van der Waals surface area contributed by atoms with Crippen molar-refractivity contribution >= 4 is 17.5 Å². The maximum absolute atomic E-state index is 12.4. The van der Waals surface area contributed by atoms with E-state index in [0.717, 1.165) is 31.5 Å². The summed E-state index contributed by atoms with van der Waals surface area (Å²) >= 11 is 5.97. The molecule has 0 radical (unpaired) electrons. The summed E-state index contributed by atoms with van der Waals surface area (Å²) in [4.78, 5) is 12.4. The number of piperidine rings is 1. The number of ether oxygens (including phenoxy) is 1. The quantitative estimate of drug-likeness (QED) is 0.874. The van der Waals surface area contributed by atoms with Crippen LogP contribution in [0, 0.1) is 0 Å². The van der Waals surface area contributed by atoms with E-state index < -0.39 is 0 Å². The molecular formula is C19H21ClN2O2. The molecule has 2 N–H and O–H groups in total. The average Bonchev–Trinajstić information content (AvgIpc) is 2.61. The van der Waals surface area contributed by atoms with Crippen LogP contribution in [0.15, 0.2) is 48.5 Å². The molecular weight excluding hydrogens is 324 g/mol. The maximum atomic E-state index is 12.4. The molecule has 4 nitrogen and oxygen atoms in total. The molecule has 3 rings (SSSR count). The van der Waals surface area contributed by atoms with Gasteiger partial charge < -0.3 is 15.4 Å². The molecule has 1 unspecified atom stereocenters. The lowest BCUT2D eigenvalue weighted by atomic mass is 10.1. The van der Waals surface area contributed by atoms with Gasteiger partial charge in [0.2, 0.25) is 0 Å². The molecule has 1 amide bonds. The van der Waals surface area contributed by atoms with Gasteiger partial charge in [0, 0.05) is 23.2 Å². The number of halogens is 1. The zero-order chi connectivity index (χ0) is 16.8. The molecule has 1 aliphatic heterocycles. The minimum absolute atomic E-state index is 0.0584. The highest BCUT2D eigenvalue weighted by Crippen LogP contribution is 2.17. The monoisotopic (exact) mass is 344 g/mol. The number of hydrogen-bond donors (Lipinski definition) is 2. The Morgan fingerprint density at radius 3 is 2.92 bits per heavy atom. The molecule has 1 saturated heterocycles. The molecule has 2 aromatic rings. The Labute approximate surface area is 147 Å². The van der Waals surface area contributed by atoms with Crippen molar-refractivity contribution in [3.63, 3.8) is 0 Å². The van der Waals surface area contributed by atoms with Crippen LogP contribution in [0.3, 0.4) is 0 Å². The molecule has 24 heavy (non-hydrogen) atoms. The van der Waals surface area contributed by atoms with Crippen molar-refractivity contribution in [2.45, 2.75) is 25.5 Å². The zero-order valence-electron chi connectivity index (χ0n) is 13.4. The van der Waals surface area contributed by atoms with Crippen LogP contribution in [0.4, 0.5) is 0 Å². The van der Waals surface area contributed by atoms with E-state index in [1.54, 1.807) is 12.1 Å². The average molecular weight is 345 g/mol. The molecule has 1 aliphatic rings. The van der Waals surface area contributed by atoms with Crippen LogP contribution in [0.25, 0.3) is 0 Å². The predicted octanol–water partition coefficient (Wildman–Crippen LogP) is 3.40. The van der Waals surface area contributed by atoms with E-state index in [1.165, 1.54) is 0 Å². The zero-order valence-corrected chi connectivity index (χ0v) is 14.2. The fourth-order valence-corrected chi connectivity index (χ4v) is 2.98. The number of amides is 1. The van der Waals surface area contributed by atoms with Gasteiger partial charge in [0.05, 0.1) is 0 Å². The van der Waals surface area contributed by atoms with Crippen LogP contribution < -0.4 is 15.4 Å². The largest absolute Gasteiger partial charge is 0.489 e. The molecule has 0 spiro atoms. The first-order valence-electron chi connectivity index (χ1n) is 8.19. The minimum Gasteiger partial charge on any atom is -0.489 e. The fourth-order valence-electron chi connectivity index (χ4n) is 2.76. The second kappa shape index (κ2) is 8.18. The Morgan fingerprint density at radius 2 is 2.12 bits per heavy atom. The van der Waals surface area contributed by atoms with Gasteiger partial charge in [-0.1, -0.05) is 29.8 Å². The van der Waals surface area contributed by atoms with Gasteiger partial charge in [-0.15, -0.1) is 0 Å². The highest BCUT2D eigenvalue weighted by molar-refractivity contribution is 6.30. The summed E-state index contributed by atoms with van der Waals surface area (Å²) in [6.45, 7) is 2.27. The first-order valence-corrected chi connectivity index (χ1v) is 8.57. The number of hydrogen-bond acceptors (Lipinski definition) is 3. The van der Waals surface area contributed by atoms with Gasteiger partial charge in [0.15, 0.2) is 0 Å². The Morgan fingerprint density at radius 1 is 1.25 bits per heavy atom. The second-order valence-corrected chi connectivity index (χ2v) is 6.40. The summed E-state index contributed by atoms with van der Waals surface area (Å²) in [6.07, 6.45) is 2.11. The molecule has 2 aromatic carbocycles. The topological polar surface area (TPSA) is 50.4 Å². The highest BCUT2D eigenvalue weighted by Gasteiger charge is 2.16. The van der Waals surface area contributed by atoms with Crippen LogP contribution in [-0.2, 0) is 6.61 Å². The third kappa shape index (κ3) is 4.73. The van der Waals surface area contributed by atoms with Crippen LogP contribution in [-0.4, -0.2) is 25.0 Å². The van der Waals surface area contributed by atoms with E-state index in [0.29, 0.717) is 22.9 Å². The summed E-state index contributed by atoms with van der Waals surface area (Å²) in [5.41, 5.74) is 1.61. The molecule has 0 saturated carbocycles. The Kier molecular flexibility index (Phi) is 5.72. The maximum Gasteiger partial charge on any atom is 0.251 e. The molecule has 1 atom stereocenters. The number of benzene rings is 2. The Hall–Kier alpha value is -2.04. The molecule has 0 aliphatic carbocycles. The molecule has 0 aromatic heterocycles. The SMILES string of the molecule is O=C(NC1CCCNC1)c1cccc(OCc2cccc(Cl)c2)c1. The van der Waals surface area contributed by atoms with E-state index in [-0.39, 0.29) is 11.9 Å². The standard InChI is InChI=1S/C19H21ClN2O2/c20-16-6-1-4-14(10-16)13-24-18-8-2-5-15(11-18)19(23)22-17-7-3-9-21-12-17/h1-2,4-6,8,10-11,17,21H,3,7,9,12-13H2,(H,22,23). The minimum atomic E-state index is -0.0584. The molecule has 126 valence electrons. The van der Waals surface area contributed by atoms with E-state index in [1.807, 2.05) is 36.4 Å². The smallest absolute Gasteiger partial charge is 0.251 e. The van der Waals surface area contributed by atoms with Crippen LogP contribution >= 0.6 is 11.6 Å². The lowest BCUT2D eigenvalue weighted by Gasteiger charge is -2.23. The lowest BCUT2D eigenvalue weighted by Crippen LogP contribution is -2.45. The summed E-state index contributed by atoms with van der Waals surface area (Å²) in [5.74, 6) is 0.612. The lowest BCUT2D eigenvalue weighted by molar-refractivity contribution is 0.0930.